The van der Waals surface area contributed by atoms with Crippen LogP contribution in [-0.2, 0) is 22.5 Å². The van der Waals surface area contributed by atoms with Crippen molar-refractivity contribution in [3.8, 4) is 0 Å². The predicted molar refractivity (Wildman–Crippen MR) is 101 cm³/mol. The summed E-state index contributed by atoms with van der Waals surface area (Å²) in [5.41, 5.74) is 2.87. The molecule has 0 atom stereocenters. The monoisotopic (exact) mass is 369 g/mol. The molecule has 4 rings (SSSR count). The molecule has 0 N–H and O–H groups in total. The van der Waals surface area contributed by atoms with Crippen molar-refractivity contribution in [2.24, 2.45) is 0 Å². The molecule has 0 aliphatic carbocycles. The Kier molecular flexibility index (Phi) is 4.91. The van der Waals surface area contributed by atoms with Crippen LogP contribution < -0.4 is 0 Å². The number of nitrogens with zero attached hydrogens (tertiary/aromatic N) is 3. The number of halogens is 1. The smallest absolute Gasteiger partial charge is 0.242 e. The number of fused-ring (bicyclic) bond motifs is 1. The van der Waals surface area contributed by atoms with Gasteiger partial charge in [0.2, 0.25) is 5.91 Å². The lowest BCUT2D eigenvalue weighted by Crippen LogP contribution is -2.42. The summed E-state index contributed by atoms with van der Waals surface area (Å²) in [6, 6.07) is 15.7. The minimum atomic E-state index is 0.0943. The third-order valence-corrected chi connectivity index (χ3v) is 5.07. The molecule has 0 spiro atoms. The molecule has 5 nitrogen and oxygen atoms in total. The van der Waals surface area contributed by atoms with Crippen molar-refractivity contribution >= 4 is 28.5 Å². The molecule has 2 aromatic carbocycles. The van der Waals surface area contributed by atoms with Crippen molar-refractivity contribution in [2.45, 2.75) is 13.0 Å². The molecule has 0 unspecified atom stereocenters. The summed E-state index contributed by atoms with van der Waals surface area (Å²) in [5.74, 6) is 0.942. The standard InChI is InChI=1S/C20H20ClN3O2/c21-16-6-2-1-5-15(16)13-19-22-17-7-3-4-8-18(17)24(19)14-20(25)23-9-11-26-12-10-23/h1-8H,9-14H2. The minimum absolute atomic E-state index is 0.0943. The zero-order valence-corrected chi connectivity index (χ0v) is 15.2. The molecular weight excluding hydrogens is 350 g/mol. The molecule has 3 aromatic rings. The number of aromatic nitrogens is 2. The maximum atomic E-state index is 12.8. The first-order chi connectivity index (χ1) is 12.7. The van der Waals surface area contributed by atoms with Crippen LogP contribution in [-0.4, -0.2) is 46.7 Å². The van der Waals surface area contributed by atoms with E-state index in [-0.39, 0.29) is 12.5 Å². The molecular formula is C20H20ClN3O2. The summed E-state index contributed by atoms with van der Waals surface area (Å²) < 4.78 is 7.35. The number of hydrogen-bond donors (Lipinski definition) is 0. The van der Waals surface area contributed by atoms with Crippen molar-refractivity contribution in [1.29, 1.82) is 0 Å². The Bertz CT molecular complexity index is 932. The number of morpholine rings is 1. The lowest BCUT2D eigenvalue weighted by atomic mass is 10.1. The van der Waals surface area contributed by atoms with Gasteiger partial charge in [-0.25, -0.2) is 4.98 Å². The Balaban J connectivity index is 1.67. The van der Waals surface area contributed by atoms with E-state index in [1.807, 2.05) is 58.0 Å². The number of hydrogen-bond acceptors (Lipinski definition) is 3. The first-order valence-electron chi connectivity index (χ1n) is 8.75. The van der Waals surface area contributed by atoms with E-state index >= 15 is 0 Å². The van der Waals surface area contributed by atoms with E-state index < -0.39 is 0 Å². The predicted octanol–water partition coefficient (Wildman–Crippen LogP) is 3.14. The van der Waals surface area contributed by atoms with E-state index in [0.717, 1.165) is 22.4 Å². The number of imidazole rings is 1. The van der Waals surface area contributed by atoms with Crippen LogP contribution in [0.15, 0.2) is 48.5 Å². The second-order valence-electron chi connectivity index (χ2n) is 6.36. The van der Waals surface area contributed by atoms with Crippen molar-refractivity contribution in [3.63, 3.8) is 0 Å². The van der Waals surface area contributed by atoms with Crippen LogP contribution in [0.3, 0.4) is 0 Å². The number of carbonyl (C=O) groups excluding carboxylic acids is 1. The van der Waals surface area contributed by atoms with Crippen LogP contribution in [0, 0.1) is 0 Å². The van der Waals surface area contributed by atoms with Gasteiger partial charge in [-0.3, -0.25) is 4.79 Å². The molecule has 0 radical (unpaired) electrons. The lowest BCUT2D eigenvalue weighted by molar-refractivity contribution is -0.135. The van der Waals surface area contributed by atoms with Crippen molar-refractivity contribution < 1.29 is 9.53 Å². The van der Waals surface area contributed by atoms with Gasteiger partial charge < -0.3 is 14.2 Å². The second kappa shape index (κ2) is 7.48. The van der Waals surface area contributed by atoms with Gasteiger partial charge in [0.1, 0.15) is 12.4 Å². The first-order valence-corrected chi connectivity index (χ1v) is 9.13. The SMILES string of the molecule is O=C(Cn1c(Cc2ccccc2Cl)nc2ccccc21)N1CCOCC1. The summed E-state index contributed by atoms with van der Waals surface area (Å²) in [7, 11) is 0. The van der Waals surface area contributed by atoms with Crippen LogP contribution in [0.1, 0.15) is 11.4 Å². The third-order valence-electron chi connectivity index (χ3n) is 4.70. The first kappa shape index (κ1) is 17.1. The highest BCUT2D eigenvalue weighted by atomic mass is 35.5. The van der Waals surface area contributed by atoms with Crippen molar-refractivity contribution in [1.82, 2.24) is 14.5 Å². The zero-order chi connectivity index (χ0) is 17.9. The van der Waals surface area contributed by atoms with Crippen LogP contribution in [0.25, 0.3) is 11.0 Å². The summed E-state index contributed by atoms with van der Waals surface area (Å²) in [4.78, 5) is 19.4. The fourth-order valence-corrected chi connectivity index (χ4v) is 3.50. The van der Waals surface area contributed by atoms with Gasteiger partial charge in [0.05, 0.1) is 24.2 Å². The van der Waals surface area contributed by atoms with Gasteiger partial charge in [0.15, 0.2) is 0 Å². The molecule has 1 aliphatic heterocycles. The van der Waals surface area contributed by atoms with Gasteiger partial charge in [-0.1, -0.05) is 41.9 Å². The molecule has 1 aliphatic rings. The molecule has 0 saturated carbocycles. The van der Waals surface area contributed by atoms with Gasteiger partial charge in [-0.15, -0.1) is 0 Å². The van der Waals surface area contributed by atoms with E-state index in [1.54, 1.807) is 0 Å². The Morgan fingerprint density at radius 2 is 1.81 bits per heavy atom. The fourth-order valence-electron chi connectivity index (χ4n) is 3.30. The van der Waals surface area contributed by atoms with Crippen molar-refractivity contribution in [2.75, 3.05) is 26.3 Å². The number of ether oxygens (including phenoxy) is 1. The highest BCUT2D eigenvalue weighted by molar-refractivity contribution is 6.31. The minimum Gasteiger partial charge on any atom is -0.378 e. The van der Waals surface area contributed by atoms with Gasteiger partial charge >= 0.3 is 0 Å². The van der Waals surface area contributed by atoms with Gasteiger partial charge in [-0.2, -0.15) is 0 Å². The molecule has 1 aromatic heterocycles. The largest absolute Gasteiger partial charge is 0.378 e. The normalized spacial score (nSPS) is 14.7. The Morgan fingerprint density at radius 1 is 1.08 bits per heavy atom. The van der Waals surface area contributed by atoms with Crippen molar-refractivity contribution in [3.05, 3.63) is 64.9 Å². The molecule has 0 bridgehead atoms. The number of para-hydroxylation sites is 2. The second-order valence-corrected chi connectivity index (χ2v) is 6.77. The van der Waals surface area contributed by atoms with E-state index in [4.69, 9.17) is 21.3 Å². The summed E-state index contributed by atoms with van der Waals surface area (Å²) in [5, 5.41) is 0.714. The summed E-state index contributed by atoms with van der Waals surface area (Å²) >= 11 is 6.33. The van der Waals surface area contributed by atoms with Crippen LogP contribution in [0.2, 0.25) is 5.02 Å². The average molecular weight is 370 g/mol. The maximum absolute atomic E-state index is 12.8. The third kappa shape index (κ3) is 3.45. The maximum Gasteiger partial charge on any atom is 0.242 e. The van der Waals surface area contributed by atoms with Gasteiger partial charge in [0, 0.05) is 24.5 Å². The Labute approximate surface area is 157 Å². The number of amides is 1. The Hall–Kier alpha value is -2.37. The number of rotatable bonds is 4. The van der Waals surface area contributed by atoms with Crippen LogP contribution in [0.5, 0.6) is 0 Å². The Morgan fingerprint density at radius 3 is 2.62 bits per heavy atom. The molecule has 1 amide bonds. The van der Waals surface area contributed by atoms with Crippen LogP contribution in [0.4, 0.5) is 0 Å². The molecule has 1 saturated heterocycles. The highest BCUT2D eigenvalue weighted by Crippen LogP contribution is 2.22. The lowest BCUT2D eigenvalue weighted by Gasteiger charge is -2.27. The molecule has 2 heterocycles. The zero-order valence-electron chi connectivity index (χ0n) is 14.4. The topological polar surface area (TPSA) is 47.4 Å². The number of carbonyl (C=O) groups is 1. The van der Waals surface area contributed by atoms with E-state index in [2.05, 4.69) is 0 Å². The van der Waals surface area contributed by atoms with Gasteiger partial charge in [-0.05, 0) is 23.8 Å². The van der Waals surface area contributed by atoms with Crippen LogP contribution >= 0.6 is 11.6 Å². The van der Waals surface area contributed by atoms with Gasteiger partial charge in [0.25, 0.3) is 0 Å². The fraction of sp³-hybridized carbons (Fsp3) is 0.300. The molecule has 6 heteroatoms. The average Bonchev–Trinajstić information content (AvgIpc) is 3.01. The van der Waals surface area contributed by atoms with E-state index in [0.29, 0.717) is 37.7 Å². The molecule has 26 heavy (non-hydrogen) atoms. The van der Waals surface area contributed by atoms with E-state index in [9.17, 15) is 4.79 Å². The molecule has 1 fully saturated rings. The summed E-state index contributed by atoms with van der Waals surface area (Å²) in [6.07, 6.45) is 0.588. The molecule has 134 valence electrons. The quantitative estimate of drug-likeness (QED) is 0.709. The number of benzene rings is 2. The van der Waals surface area contributed by atoms with E-state index in [1.165, 1.54) is 0 Å². The summed E-state index contributed by atoms with van der Waals surface area (Å²) in [6.45, 7) is 2.77. The highest BCUT2D eigenvalue weighted by Gasteiger charge is 2.20.